The average molecular weight is 434 g/mol. The summed E-state index contributed by atoms with van der Waals surface area (Å²) in [5.41, 5.74) is 4.84. The molecular formula is C19H35N3O8. The number of aliphatic hydroxyl groups excluding tert-OH is 2. The second-order valence-electron chi connectivity index (χ2n) is 8.46. The zero-order valence-electron chi connectivity index (χ0n) is 17.8. The molecule has 0 aromatic rings. The minimum atomic E-state index is -1.24. The van der Waals surface area contributed by atoms with E-state index in [1.165, 1.54) is 0 Å². The number of alkyl carbamates (subject to hydrolysis) is 1. The summed E-state index contributed by atoms with van der Waals surface area (Å²) in [6, 6.07) is -0.843. The molecule has 11 nitrogen and oxygen atoms in total. The fraction of sp³-hybridized carbons (Fsp3) is 0.895. The van der Waals surface area contributed by atoms with Gasteiger partial charge in [0, 0.05) is 13.2 Å². The Morgan fingerprint density at radius 3 is 2.57 bits per heavy atom. The van der Waals surface area contributed by atoms with Crippen molar-refractivity contribution in [3.05, 3.63) is 0 Å². The first kappa shape index (κ1) is 24.8. The molecule has 174 valence electrons. The highest BCUT2D eigenvalue weighted by atomic mass is 16.7. The first-order valence-corrected chi connectivity index (χ1v) is 10.3. The second-order valence-corrected chi connectivity index (χ2v) is 8.46. The van der Waals surface area contributed by atoms with Crippen LogP contribution in [-0.2, 0) is 23.7 Å². The average Bonchev–Trinajstić information content (AvgIpc) is 2.80. The van der Waals surface area contributed by atoms with E-state index in [9.17, 15) is 19.8 Å². The van der Waals surface area contributed by atoms with E-state index in [-0.39, 0.29) is 6.54 Å². The Kier molecular flexibility index (Phi) is 9.26. The molecule has 2 bridgehead atoms. The highest BCUT2D eigenvalue weighted by Crippen LogP contribution is 2.26. The minimum absolute atomic E-state index is 0.00225. The summed E-state index contributed by atoms with van der Waals surface area (Å²) in [5.74, 6) is -0.440. The van der Waals surface area contributed by atoms with E-state index < -0.39 is 54.3 Å². The van der Waals surface area contributed by atoms with Gasteiger partial charge in [0.15, 0.2) is 6.29 Å². The summed E-state index contributed by atoms with van der Waals surface area (Å²) in [4.78, 5) is 24.8. The number of nitrogens with one attached hydrogen (secondary N) is 2. The largest absolute Gasteiger partial charge is 0.444 e. The lowest BCUT2D eigenvalue weighted by Gasteiger charge is -2.41. The summed E-state index contributed by atoms with van der Waals surface area (Å²) >= 11 is 0. The van der Waals surface area contributed by atoms with Gasteiger partial charge in [0.05, 0.1) is 6.61 Å². The van der Waals surface area contributed by atoms with Gasteiger partial charge < -0.3 is 45.5 Å². The molecule has 3 fully saturated rings. The number of fused-ring (bicyclic) bond motifs is 6. The quantitative estimate of drug-likeness (QED) is 0.338. The third kappa shape index (κ3) is 7.33. The van der Waals surface area contributed by atoms with Crippen LogP contribution in [0.15, 0.2) is 0 Å². The number of ether oxygens (including phenoxy) is 4. The van der Waals surface area contributed by atoms with Crippen LogP contribution in [0, 0.1) is 0 Å². The monoisotopic (exact) mass is 433 g/mol. The van der Waals surface area contributed by atoms with E-state index in [2.05, 4.69) is 10.6 Å². The standard InChI is InChI=1S/C19H35N3O8/c1-19(2,3)30-18(26)22-11(6-4-7-20)16(25)21-10-12-15-13(23)14(24)17(29-12)28-9-5-8-27-15/h11-15,17,23-24H,4-10,20H2,1-3H3,(H,21,25)(H,22,26)/t11-,12?,13?,14?,15?,17?/m0/s1. The molecule has 3 heterocycles. The zero-order valence-corrected chi connectivity index (χ0v) is 17.8. The van der Waals surface area contributed by atoms with Gasteiger partial charge in [-0.05, 0) is 46.6 Å². The molecule has 0 radical (unpaired) electrons. The molecule has 3 rings (SSSR count). The van der Waals surface area contributed by atoms with Gasteiger partial charge in [0.25, 0.3) is 0 Å². The Morgan fingerprint density at radius 2 is 1.90 bits per heavy atom. The highest BCUT2D eigenvalue weighted by Gasteiger charge is 2.46. The van der Waals surface area contributed by atoms with Crippen LogP contribution in [0.1, 0.15) is 40.0 Å². The fourth-order valence-corrected chi connectivity index (χ4v) is 3.26. The predicted octanol–water partition coefficient (Wildman–Crippen LogP) is -1.01. The van der Waals surface area contributed by atoms with E-state index in [0.29, 0.717) is 39.0 Å². The van der Waals surface area contributed by atoms with Gasteiger partial charge in [-0.25, -0.2) is 4.79 Å². The van der Waals surface area contributed by atoms with Crippen LogP contribution < -0.4 is 16.4 Å². The summed E-state index contributed by atoms with van der Waals surface area (Å²) < 4.78 is 22.0. The lowest BCUT2D eigenvalue weighted by molar-refractivity contribution is -0.292. The van der Waals surface area contributed by atoms with Crippen LogP contribution in [-0.4, -0.2) is 90.9 Å². The van der Waals surface area contributed by atoms with Crippen molar-refractivity contribution in [3.63, 3.8) is 0 Å². The maximum absolute atomic E-state index is 12.7. The molecule has 0 spiro atoms. The smallest absolute Gasteiger partial charge is 0.408 e. The molecule has 2 amide bonds. The van der Waals surface area contributed by atoms with Crippen LogP contribution in [0.2, 0.25) is 0 Å². The Bertz CT molecular complexity index is 568. The molecule has 3 aliphatic heterocycles. The van der Waals surface area contributed by atoms with Gasteiger partial charge in [-0.1, -0.05) is 0 Å². The van der Waals surface area contributed by atoms with E-state index in [1.54, 1.807) is 20.8 Å². The zero-order chi connectivity index (χ0) is 22.3. The van der Waals surface area contributed by atoms with Crippen molar-refractivity contribution in [1.29, 1.82) is 0 Å². The van der Waals surface area contributed by atoms with Crippen LogP contribution >= 0.6 is 0 Å². The summed E-state index contributed by atoms with van der Waals surface area (Å²) in [7, 11) is 0. The van der Waals surface area contributed by atoms with Crippen molar-refractivity contribution in [2.45, 2.75) is 82.4 Å². The van der Waals surface area contributed by atoms with Crippen molar-refractivity contribution in [2.24, 2.45) is 5.73 Å². The normalized spacial score (nSPS) is 30.5. The fourth-order valence-electron chi connectivity index (χ4n) is 3.26. The van der Waals surface area contributed by atoms with Crippen LogP contribution in [0.5, 0.6) is 0 Å². The number of hydrogen-bond donors (Lipinski definition) is 5. The molecular weight excluding hydrogens is 398 g/mol. The molecule has 0 aromatic carbocycles. The van der Waals surface area contributed by atoms with Gasteiger partial charge in [0.1, 0.15) is 36.1 Å². The molecule has 30 heavy (non-hydrogen) atoms. The molecule has 0 aromatic heterocycles. The molecule has 3 saturated heterocycles. The van der Waals surface area contributed by atoms with E-state index in [0.717, 1.165) is 0 Å². The molecule has 3 aliphatic rings. The molecule has 6 N–H and O–H groups in total. The maximum atomic E-state index is 12.7. The summed E-state index contributed by atoms with van der Waals surface area (Å²) in [6.07, 6.45) is -4.26. The van der Waals surface area contributed by atoms with Crippen LogP contribution in [0.3, 0.4) is 0 Å². The second kappa shape index (κ2) is 11.2. The van der Waals surface area contributed by atoms with Crippen LogP contribution in [0.25, 0.3) is 0 Å². The summed E-state index contributed by atoms with van der Waals surface area (Å²) in [6.45, 7) is 6.20. The predicted molar refractivity (Wildman–Crippen MR) is 105 cm³/mol. The highest BCUT2D eigenvalue weighted by molar-refractivity contribution is 5.85. The molecule has 11 heteroatoms. The van der Waals surface area contributed by atoms with Crippen molar-refractivity contribution >= 4 is 12.0 Å². The Labute approximate surface area is 176 Å². The number of carbonyl (C=O) groups excluding carboxylic acids is 2. The molecule has 0 saturated carbocycles. The van der Waals surface area contributed by atoms with Gasteiger partial charge in [-0.2, -0.15) is 0 Å². The molecule has 5 unspecified atom stereocenters. The first-order valence-electron chi connectivity index (χ1n) is 10.3. The third-order valence-electron chi connectivity index (χ3n) is 4.70. The number of amides is 2. The number of rotatable bonds is 7. The lowest BCUT2D eigenvalue weighted by atomic mass is 9.98. The van der Waals surface area contributed by atoms with E-state index >= 15 is 0 Å². The number of aliphatic hydroxyl groups is 2. The van der Waals surface area contributed by atoms with Gasteiger partial charge in [-0.3, -0.25) is 4.79 Å². The maximum Gasteiger partial charge on any atom is 0.408 e. The number of nitrogens with two attached hydrogens (primary N) is 1. The first-order chi connectivity index (χ1) is 14.1. The Hall–Kier alpha value is -1.50. The van der Waals surface area contributed by atoms with E-state index in [1.807, 2.05) is 0 Å². The molecule has 6 atom stereocenters. The van der Waals surface area contributed by atoms with Crippen molar-refractivity contribution in [2.75, 3.05) is 26.3 Å². The topological polar surface area (TPSA) is 162 Å². The third-order valence-corrected chi connectivity index (χ3v) is 4.70. The molecule has 0 aliphatic carbocycles. The summed E-state index contributed by atoms with van der Waals surface area (Å²) in [5, 5.41) is 25.8. The van der Waals surface area contributed by atoms with E-state index in [4.69, 9.17) is 24.7 Å². The van der Waals surface area contributed by atoms with Crippen molar-refractivity contribution in [1.82, 2.24) is 10.6 Å². The van der Waals surface area contributed by atoms with Crippen molar-refractivity contribution in [3.8, 4) is 0 Å². The van der Waals surface area contributed by atoms with Crippen LogP contribution in [0.4, 0.5) is 4.79 Å². The number of carbonyl (C=O) groups is 2. The lowest BCUT2D eigenvalue weighted by Crippen LogP contribution is -2.61. The van der Waals surface area contributed by atoms with Gasteiger partial charge >= 0.3 is 6.09 Å². The van der Waals surface area contributed by atoms with Gasteiger partial charge in [0.2, 0.25) is 5.91 Å². The Morgan fingerprint density at radius 1 is 1.20 bits per heavy atom. The SMILES string of the molecule is CC(C)(C)OC(=O)N[C@@H](CCCN)C(=O)NCC1OC2OCCCOC1C(O)C2O. The van der Waals surface area contributed by atoms with Crippen molar-refractivity contribution < 1.29 is 38.7 Å². The minimum Gasteiger partial charge on any atom is -0.444 e. The number of hydrogen-bond acceptors (Lipinski definition) is 9. The Balaban J connectivity index is 1.98. The van der Waals surface area contributed by atoms with Gasteiger partial charge in [-0.15, -0.1) is 0 Å².